The van der Waals surface area contributed by atoms with Crippen molar-refractivity contribution in [3.05, 3.63) is 61.8 Å². The van der Waals surface area contributed by atoms with E-state index >= 15 is 0 Å². The number of ether oxygens (including phenoxy) is 1. The van der Waals surface area contributed by atoms with Crippen LogP contribution in [0.4, 0.5) is 0 Å². The number of halogens is 1. The maximum absolute atomic E-state index is 13.0. The van der Waals surface area contributed by atoms with Gasteiger partial charge in [0.15, 0.2) is 0 Å². The fraction of sp³-hybridized carbons (Fsp3) is 0.320. The van der Waals surface area contributed by atoms with Crippen LogP contribution in [0.5, 0.6) is 5.75 Å². The second kappa shape index (κ2) is 9.90. The Morgan fingerprint density at radius 3 is 2.71 bits per heavy atom. The number of hydrogen-bond acceptors (Lipinski definition) is 7. The third kappa shape index (κ3) is 4.50. The summed E-state index contributed by atoms with van der Waals surface area (Å²) in [4.78, 5) is 20.6. The summed E-state index contributed by atoms with van der Waals surface area (Å²) in [6.45, 7) is 5.82. The zero-order chi connectivity index (χ0) is 23.7. The molecule has 0 aliphatic carbocycles. The van der Waals surface area contributed by atoms with Crippen LogP contribution >= 0.6 is 34.3 Å². The van der Waals surface area contributed by atoms with Gasteiger partial charge in [-0.3, -0.25) is 4.79 Å². The fourth-order valence-corrected chi connectivity index (χ4v) is 6.17. The SMILES string of the molecule is CCOc1ccsc1C(=O)N1CCC(c2nc(-c3c(-c4ccc(Cl)cc4)noc3C)cs2)CC1. The van der Waals surface area contributed by atoms with Gasteiger partial charge in [-0.25, -0.2) is 4.98 Å². The number of aromatic nitrogens is 2. The standard InChI is InChI=1S/C25H24ClN3O3S2/c1-3-31-20-10-13-33-23(20)25(30)29-11-8-17(9-12-29)24-27-19(14-34-24)21-15(2)32-28-22(21)16-4-6-18(26)7-5-16/h4-7,10,13-14,17H,3,8-9,11-12H2,1-2H3. The molecule has 1 amide bonds. The van der Waals surface area contributed by atoms with E-state index in [0.717, 1.165) is 46.1 Å². The van der Waals surface area contributed by atoms with Gasteiger partial charge in [0.05, 0.1) is 22.9 Å². The third-order valence-corrected chi connectivity index (χ3v) is 8.16. The molecule has 176 valence electrons. The summed E-state index contributed by atoms with van der Waals surface area (Å²) in [7, 11) is 0. The number of amides is 1. The predicted molar refractivity (Wildman–Crippen MR) is 136 cm³/mol. The van der Waals surface area contributed by atoms with Gasteiger partial charge in [-0.05, 0) is 50.3 Å². The average molecular weight is 514 g/mol. The van der Waals surface area contributed by atoms with E-state index in [1.165, 1.54) is 11.3 Å². The molecule has 0 radical (unpaired) electrons. The lowest BCUT2D eigenvalue weighted by molar-refractivity contribution is 0.0714. The van der Waals surface area contributed by atoms with Crippen LogP contribution in [0.1, 0.15) is 46.1 Å². The van der Waals surface area contributed by atoms with Crippen LogP contribution in [-0.4, -0.2) is 40.6 Å². The highest BCUT2D eigenvalue weighted by molar-refractivity contribution is 7.12. The van der Waals surface area contributed by atoms with Crippen LogP contribution in [-0.2, 0) is 0 Å². The monoisotopic (exact) mass is 513 g/mol. The van der Waals surface area contributed by atoms with E-state index in [-0.39, 0.29) is 5.91 Å². The molecule has 0 spiro atoms. The molecule has 0 unspecified atom stereocenters. The van der Waals surface area contributed by atoms with Crippen LogP contribution < -0.4 is 4.74 Å². The highest BCUT2D eigenvalue weighted by atomic mass is 35.5. The van der Waals surface area contributed by atoms with Crippen molar-refractivity contribution >= 4 is 40.2 Å². The van der Waals surface area contributed by atoms with Gasteiger partial charge >= 0.3 is 0 Å². The largest absolute Gasteiger partial charge is 0.492 e. The van der Waals surface area contributed by atoms with Crippen molar-refractivity contribution in [1.82, 2.24) is 15.0 Å². The smallest absolute Gasteiger partial charge is 0.267 e. The Bertz CT molecular complexity index is 1290. The van der Waals surface area contributed by atoms with E-state index in [2.05, 4.69) is 10.5 Å². The lowest BCUT2D eigenvalue weighted by atomic mass is 9.97. The van der Waals surface area contributed by atoms with Crippen molar-refractivity contribution in [3.63, 3.8) is 0 Å². The fourth-order valence-electron chi connectivity index (χ4n) is 4.26. The number of benzene rings is 1. The molecule has 0 saturated carbocycles. The summed E-state index contributed by atoms with van der Waals surface area (Å²) in [5, 5.41) is 10.0. The first-order valence-corrected chi connectivity index (χ1v) is 13.4. The van der Waals surface area contributed by atoms with E-state index in [1.807, 2.05) is 54.5 Å². The predicted octanol–water partition coefficient (Wildman–Crippen LogP) is 6.91. The number of carbonyl (C=O) groups excluding carboxylic acids is 1. The minimum Gasteiger partial charge on any atom is -0.492 e. The van der Waals surface area contributed by atoms with Gasteiger partial charge in [0.25, 0.3) is 5.91 Å². The van der Waals surface area contributed by atoms with E-state index in [4.69, 9.17) is 25.8 Å². The first-order chi connectivity index (χ1) is 16.5. The molecule has 1 saturated heterocycles. The summed E-state index contributed by atoms with van der Waals surface area (Å²) >= 11 is 9.15. The first-order valence-electron chi connectivity index (χ1n) is 11.2. The Kier molecular flexibility index (Phi) is 6.72. The van der Waals surface area contributed by atoms with Crippen LogP contribution in [0.3, 0.4) is 0 Å². The molecule has 6 nitrogen and oxygen atoms in total. The summed E-state index contributed by atoms with van der Waals surface area (Å²) in [5.74, 6) is 1.81. The molecule has 1 fully saturated rings. The number of thiophene rings is 1. The second-order valence-electron chi connectivity index (χ2n) is 8.15. The average Bonchev–Trinajstić information content (AvgIpc) is 3.59. The summed E-state index contributed by atoms with van der Waals surface area (Å²) in [6.07, 6.45) is 1.78. The number of nitrogens with zero attached hydrogens (tertiary/aromatic N) is 3. The number of thiazole rings is 1. The molecular weight excluding hydrogens is 490 g/mol. The third-order valence-electron chi connectivity index (χ3n) is 6.01. The number of carbonyl (C=O) groups is 1. The van der Waals surface area contributed by atoms with Gasteiger partial charge in [-0.1, -0.05) is 28.9 Å². The lowest BCUT2D eigenvalue weighted by Crippen LogP contribution is -2.37. The molecule has 4 heterocycles. The molecule has 1 aromatic carbocycles. The Balaban J connectivity index is 1.30. The Morgan fingerprint density at radius 1 is 1.21 bits per heavy atom. The van der Waals surface area contributed by atoms with E-state index < -0.39 is 0 Å². The van der Waals surface area contributed by atoms with Crippen molar-refractivity contribution in [1.29, 1.82) is 0 Å². The number of likely N-dealkylation sites (tertiary alicyclic amines) is 1. The molecule has 0 atom stereocenters. The van der Waals surface area contributed by atoms with Gasteiger partial charge in [-0.2, -0.15) is 0 Å². The van der Waals surface area contributed by atoms with E-state index in [9.17, 15) is 4.79 Å². The molecule has 0 bridgehead atoms. The van der Waals surface area contributed by atoms with Crippen molar-refractivity contribution < 1.29 is 14.1 Å². The Morgan fingerprint density at radius 2 is 1.97 bits per heavy atom. The number of aryl methyl sites for hydroxylation is 1. The molecule has 3 aromatic heterocycles. The number of hydrogen-bond donors (Lipinski definition) is 0. The van der Waals surface area contributed by atoms with Crippen molar-refractivity contribution in [3.8, 4) is 28.3 Å². The van der Waals surface area contributed by atoms with Crippen LogP contribution in [0.2, 0.25) is 5.02 Å². The Labute approximate surface area is 211 Å². The van der Waals surface area contributed by atoms with Gasteiger partial charge in [0.1, 0.15) is 22.1 Å². The molecule has 1 aliphatic heterocycles. The molecular formula is C25H24ClN3O3S2. The summed E-state index contributed by atoms with van der Waals surface area (Å²) < 4.78 is 11.1. The zero-order valence-electron chi connectivity index (χ0n) is 18.9. The van der Waals surface area contributed by atoms with Crippen molar-refractivity contribution in [2.24, 2.45) is 0 Å². The Hall–Kier alpha value is -2.68. The van der Waals surface area contributed by atoms with Gasteiger partial charge < -0.3 is 14.2 Å². The minimum absolute atomic E-state index is 0.0597. The normalized spacial score (nSPS) is 14.5. The molecule has 5 rings (SSSR count). The quantitative estimate of drug-likeness (QED) is 0.280. The number of piperidine rings is 1. The van der Waals surface area contributed by atoms with Crippen LogP contribution in [0.15, 0.2) is 45.6 Å². The number of rotatable bonds is 6. The summed E-state index contributed by atoms with van der Waals surface area (Å²) in [6, 6.07) is 9.44. The molecule has 34 heavy (non-hydrogen) atoms. The summed E-state index contributed by atoms with van der Waals surface area (Å²) in [5.41, 5.74) is 3.51. The van der Waals surface area contributed by atoms with E-state index in [0.29, 0.717) is 41.3 Å². The van der Waals surface area contributed by atoms with Crippen molar-refractivity contribution in [2.45, 2.75) is 32.6 Å². The van der Waals surface area contributed by atoms with Gasteiger partial charge in [0, 0.05) is 35.0 Å². The molecule has 1 aliphatic rings. The molecule has 9 heteroatoms. The van der Waals surface area contributed by atoms with Gasteiger partial charge in [-0.15, -0.1) is 22.7 Å². The highest BCUT2D eigenvalue weighted by Gasteiger charge is 2.29. The molecule has 0 N–H and O–H groups in total. The minimum atomic E-state index is 0.0597. The van der Waals surface area contributed by atoms with Crippen LogP contribution in [0.25, 0.3) is 22.5 Å². The highest BCUT2D eigenvalue weighted by Crippen LogP contribution is 2.38. The topological polar surface area (TPSA) is 68.5 Å². The van der Waals surface area contributed by atoms with E-state index in [1.54, 1.807) is 11.3 Å². The maximum atomic E-state index is 13.0. The van der Waals surface area contributed by atoms with Crippen LogP contribution in [0, 0.1) is 6.92 Å². The van der Waals surface area contributed by atoms with Gasteiger partial charge in [0.2, 0.25) is 0 Å². The van der Waals surface area contributed by atoms with Crippen molar-refractivity contribution in [2.75, 3.05) is 19.7 Å². The second-order valence-corrected chi connectivity index (χ2v) is 10.4. The maximum Gasteiger partial charge on any atom is 0.267 e. The lowest BCUT2D eigenvalue weighted by Gasteiger charge is -2.31. The molecule has 4 aromatic rings. The first kappa shape index (κ1) is 23.1. The zero-order valence-corrected chi connectivity index (χ0v) is 21.3.